The first-order chi connectivity index (χ1) is 8.77. The topological polar surface area (TPSA) is 41.1 Å². The molecule has 3 nitrogen and oxygen atoms in total. The molecule has 2 N–H and O–H groups in total. The number of carbonyl (C=O) groups is 1. The average Bonchev–Trinajstić information content (AvgIpc) is 2.42. The van der Waals surface area contributed by atoms with Crippen molar-refractivity contribution in [3.63, 3.8) is 0 Å². The van der Waals surface area contributed by atoms with Gasteiger partial charge in [-0.1, -0.05) is 24.3 Å². The Morgan fingerprint density at radius 1 is 1.44 bits per heavy atom. The van der Waals surface area contributed by atoms with Crippen LogP contribution in [0.2, 0.25) is 0 Å². The zero-order valence-corrected chi connectivity index (χ0v) is 11.0. The summed E-state index contributed by atoms with van der Waals surface area (Å²) < 4.78 is 0. The smallest absolute Gasteiger partial charge is 0.224 e. The summed E-state index contributed by atoms with van der Waals surface area (Å²) in [6.07, 6.45) is 3.04. The summed E-state index contributed by atoms with van der Waals surface area (Å²) in [5.41, 5.74) is 2.62. The van der Waals surface area contributed by atoms with Gasteiger partial charge in [-0.05, 0) is 43.9 Å². The van der Waals surface area contributed by atoms with Gasteiger partial charge in [0.05, 0.1) is 5.92 Å². The van der Waals surface area contributed by atoms with Gasteiger partial charge in [0.25, 0.3) is 0 Å². The third-order valence-electron chi connectivity index (χ3n) is 3.62. The van der Waals surface area contributed by atoms with Gasteiger partial charge in [-0.25, -0.2) is 0 Å². The molecule has 1 amide bonds. The second-order valence-electron chi connectivity index (χ2n) is 5.01. The highest BCUT2D eigenvalue weighted by Gasteiger charge is 2.20. The molecule has 1 atom stereocenters. The van der Waals surface area contributed by atoms with Crippen molar-refractivity contribution in [2.45, 2.75) is 26.2 Å². The van der Waals surface area contributed by atoms with Crippen LogP contribution in [0.25, 0.3) is 0 Å². The summed E-state index contributed by atoms with van der Waals surface area (Å²) in [7, 11) is 0. The van der Waals surface area contributed by atoms with Crippen molar-refractivity contribution in [3.8, 4) is 0 Å². The van der Waals surface area contributed by atoms with Crippen molar-refractivity contribution in [2.24, 2.45) is 5.92 Å². The Hall–Kier alpha value is -1.35. The van der Waals surface area contributed by atoms with Gasteiger partial charge in [-0.2, -0.15) is 0 Å². The fraction of sp³-hybridized carbons (Fsp3) is 0.533. The molecule has 0 radical (unpaired) electrons. The Morgan fingerprint density at radius 3 is 3.00 bits per heavy atom. The van der Waals surface area contributed by atoms with Crippen LogP contribution in [0.4, 0.5) is 0 Å². The minimum Gasteiger partial charge on any atom is -0.355 e. The normalized spacial score (nSPS) is 19.5. The molecule has 0 bridgehead atoms. The average molecular weight is 246 g/mol. The number of benzene rings is 1. The number of amides is 1. The van der Waals surface area contributed by atoms with Gasteiger partial charge in [0.2, 0.25) is 5.91 Å². The SMILES string of the molecule is Cc1ccccc1CCNC(=O)[C@H]1CCCNC1. The molecule has 3 heteroatoms. The predicted octanol–water partition coefficient (Wildman–Crippen LogP) is 1.65. The quantitative estimate of drug-likeness (QED) is 0.848. The van der Waals surface area contributed by atoms with Crippen LogP contribution in [0.15, 0.2) is 24.3 Å². The van der Waals surface area contributed by atoms with Crippen LogP contribution in [-0.2, 0) is 11.2 Å². The second-order valence-corrected chi connectivity index (χ2v) is 5.01. The fourth-order valence-corrected chi connectivity index (χ4v) is 2.43. The molecular weight excluding hydrogens is 224 g/mol. The van der Waals surface area contributed by atoms with Gasteiger partial charge in [-0.3, -0.25) is 4.79 Å². The van der Waals surface area contributed by atoms with Crippen LogP contribution in [0.5, 0.6) is 0 Å². The number of aryl methyl sites for hydroxylation is 1. The largest absolute Gasteiger partial charge is 0.355 e. The second kappa shape index (κ2) is 6.55. The number of hydrogen-bond donors (Lipinski definition) is 2. The predicted molar refractivity (Wildman–Crippen MR) is 73.5 cm³/mol. The first kappa shape index (κ1) is 13.1. The highest BCUT2D eigenvalue weighted by molar-refractivity contribution is 5.78. The van der Waals surface area contributed by atoms with E-state index in [0.29, 0.717) is 0 Å². The summed E-state index contributed by atoms with van der Waals surface area (Å²) in [5, 5.41) is 6.32. The molecule has 1 aromatic rings. The van der Waals surface area contributed by atoms with Crippen molar-refractivity contribution >= 4 is 5.91 Å². The Bertz CT molecular complexity index is 397. The molecule has 2 rings (SSSR count). The van der Waals surface area contributed by atoms with Gasteiger partial charge in [0.1, 0.15) is 0 Å². The maximum atomic E-state index is 11.9. The van der Waals surface area contributed by atoms with Crippen LogP contribution in [0.1, 0.15) is 24.0 Å². The van der Waals surface area contributed by atoms with Crippen molar-refractivity contribution in [1.82, 2.24) is 10.6 Å². The van der Waals surface area contributed by atoms with E-state index < -0.39 is 0 Å². The molecule has 1 aliphatic rings. The lowest BCUT2D eigenvalue weighted by Crippen LogP contribution is -2.41. The lowest BCUT2D eigenvalue weighted by molar-refractivity contribution is -0.125. The molecule has 0 aliphatic carbocycles. The van der Waals surface area contributed by atoms with Gasteiger partial charge < -0.3 is 10.6 Å². The molecule has 1 aliphatic heterocycles. The highest BCUT2D eigenvalue weighted by Crippen LogP contribution is 2.10. The van der Waals surface area contributed by atoms with Gasteiger partial charge >= 0.3 is 0 Å². The molecule has 0 unspecified atom stereocenters. The van der Waals surface area contributed by atoms with Crippen LogP contribution in [-0.4, -0.2) is 25.5 Å². The molecule has 1 heterocycles. The lowest BCUT2D eigenvalue weighted by atomic mass is 9.98. The summed E-state index contributed by atoms with van der Waals surface area (Å²) in [5.74, 6) is 0.367. The van der Waals surface area contributed by atoms with Crippen LogP contribution < -0.4 is 10.6 Å². The lowest BCUT2D eigenvalue weighted by Gasteiger charge is -2.21. The third kappa shape index (κ3) is 3.57. The Kier molecular flexibility index (Phi) is 4.76. The molecule has 0 aromatic heterocycles. The zero-order valence-electron chi connectivity index (χ0n) is 11.0. The van der Waals surface area contributed by atoms with Crippen molar-refractivity contribution in [2.75, 3.05) is 19.6 Å². The summed E-state index contributed by atoms with van der Waals surface area (Å²) in [6.45, 7) is 4.73. The molecule has 1 saturated heterocycles. The molecular formula is C15H22N2O. The van der Waals surface area contributed by atoms with Gasteiger partial charge in [0, 0.05) is 13.1 Å². The van der Waals surface area contributed by atoms with E-state index in [1.54, 1.807) is 0 Å². The fourth-order valence-electron chi connectivity index (χ4n) is 2.43. The van der Waals surface area contributed by atoms with E-state index in [4.69, 9.17) is 0 Å². The zero-order chi connectivity index (χ0) is 12.8. The number of carbonyl (C=O) groups excluding carboxylic acids is 1. The Morgan fingerprint density at radius 2 is 2.28 bits per heavy atom. The van der Waals surface area contributed by atoms with E-state index in [0.717, 1.165) is 38.9 Å². The minimum absolute atomic E-state index is 0.163. The van der Waals surface area contributed by atoms with E-state index in [1.807, 2.05) is 6.07 Å². The van der Waals surface area contributed by atoms with Crippen molar-refractivity contribution in [1.29, 1.82) is 0 Å². The molecule has 0 saturated carbocycles. The molecule has 1 fully saturated rings. The number of nitrogens with one attached hydrogen (secondary N) is 2. The van der Waals surface area contributed by atoms with E-state index >= 15 is 0 Å². The molecule has 18 heavy (non-hydrogen) atoms. The van der Waals surface area contributed by atoms with Gasteiger partial charge in [0.15, 0.2) is 0 Å². The number of hydrogen-bond acceptors (Lipinski definition) is 2. The van der Waals surface area contributed by atoms with Crippen LogP contribution >= 0.6 is 0 Å². The van der Waals surface area contributed by atoms with E-state index in [-0.39, 0.29) is 11.8 Å². The minimum atomic E-state index is 0.163. The van der Waals surface area contributed by atoms with Crippen molar-refractivity contribution in [3.05, 3.63) is 35.4 Å². The maximum Gasteiger partial charge on any atom is 0.224 e. The van der Waals surface area contributed by atoms with Crippen LogP contribution in [0, 0.1) is 12.8 Å². The Labute approximate surface area is 109 Å². The van der Waals surface area contributed by atoms with Crippen LogP contribution in [0.3, 0.4) is 0 Å². The number of piperidine rings is 1. The van der Waals surface area contributed by atoms with E-state index in [9.17, 15) is 4.79 Å². The highest BCUT2D eigenvalue weighted by atomic mass is 16.1. The Balaban J connectivity index is 1.75. The summed E-state index contributed by atoms with van der Waals surface area (Å²) in [6, 6.07) is 8.34. The summed E-state index contributed by atoms with van der Waals surface area (Å²) in [4.78, 5) is 11.9. The third-order valence-corrected chi connectivity index (χ3v) is 3.62. The first-order valence-electron chi connectivity index (χ1n) is 6.80. The van der Waals surface area contributed by atoms with E-state index in [2.05, 4.69) is 35.8 Å². The standard InChI is InChI=1S/C15H22N2O/c1-12-5-2-3-6-13(12)8-10-17-15(18)14-7-4-9-16-11-14/h2-3,5-6,14,16H,4,7-11H2,1H3,(H,17,18)/t14-/m0/s1. The van der Waals surface area contributed by atoms with E-state index in [1.165, 1.54) is 11.1 Å². The molecule has 98 valence electrons. The number of rotatable bonds is 4. The van der Waals surface area contributed by atoms with Crippen molar-refractivity contribution < 1.29 is 4.79 Å². The monoisotopic (exact) mass is 246 g/mol. The van der Waals surface area contributed by atoms with Gasteiger partial charge in [-0.15, -0.1) is 0 Å². The molecule has 1 aromatic carbocycles. The first-order valence-corrected chi connectivity index (χ1v) is 6.80. The maximum absolute atomic E-state index is 11.9. The summed E-state index contributed by atoms with van der Waals surface area (Å²) >= 11 is 0. The molecule has 0 spiro atoms.